The van der Waals surface area contributed by atoms with Crippen molar-refractivity contribution in [1.29, 1.82) is 0 Å². The molecule has 0 fully saturated rings. The van der Waals surface area contributed by atoms with Crippen LogP contribution in [0.4, 0.5) is 18.9 Å². The van der Waals surface area contributed by atoms with Crippen LogP contribution in [-0.2, 0) is 6.18 Å². The Bertz CT molecular complexity index is 375. The van der Waals surface area contributed by atoms with Crippen molar-refractivity contribution in [2.24, 2.45) is 5.73 Å². The summed E-state index contributed by atoms with van der Waals surface area (Å²) < 4.78 is 37.6. The Balaban J connectivity index is 2.52. The molecular weight excluding hydrogens is 241 g/mol. The van der Waals surface area contributed by atoms with Gasteiger partial charge in [-0.15, -0.1) is 0 Å². The molecule has 0 aliphatic carbocycles. The van der Waals surface area contributed by atoms with Gasteiger partial charge in [-0.25, -0.2) is 0 Å². The molecule has 0 spiro atoms. The molecule has 0 saturated carbocycles. The number of anilines is 1. The Morgan fingerprint density at radius 1 is 1.17 bits per heavy atom. The Morgan fingerprint density at radius 3 is 2.44 bits per heavy atom. The van der Waals surface area contributed by atoms with Crippen LogP contribution >= 0.6 is 0 Å². The standard InChI is InChI=1S/C13H19F3N2/c1-10-9-11(18-8-4-2-3-7-17)5-6-12(10)13(14,15)16/h5-6,9,18H,2-4,7-8,17H2,1H3. The summed E-state index contributed by atoms with van der Waals surface area (Å²) in [4.78, 5) is 0. The third-order valence-electron chi connectivity index (χ3n) is 2.74. The fraction of sp³-hybridized carbons (Fsp3) is 0.538. The van der Waals surface area contributed by atoms with Gasteiger partial charge in [-0.05, 0) is 50.1 Å². The maximum atomic E-state index is 12.5. The highest BCUT2D eigenvalue weighted by Gasteiger charge is 2.31. The zero-order valence-electron chi connectivity index (χ0n) is 10.5. The van der Waals surface area contributed by atoms with Gasteiger partial charge in [0, 0.05) is 12.2 Å². The van der Waals surface area contributed by atoms with Crippen molar-refractivity contribution in [1.82, 2.24) is 0 Å². The van der Waals surface area contributed by atoms with E-state index in [0.29, 0.717) is 6.54 Å². The number of hydrogen-bond acceptors (Lipinski definition) is 2. The SMILES string of the molecule is Cc1cc(NCCCCCN)ccc1C(F)(F)F. The van der Waals surface area contributed by atoms with Gasteiger partial charge < -0.3 is 11.1 Å². The number of halogens is 3. The lowest BCUT2D eigenvalue weighted by Gasteiger charge is -2.12. The van der Waals surface area contributed by atoms with Crippen LogP contribution < -0.4 is 11.1 Å². The summed E-state index contributed by atoms with van der Waals surface area (Å²) in [6.45, 7) is 2.91. The highest BCUT2D eigenvalue weighted by atomic mass is 19.4. The quantitative estimate of drug-likeness (QED) is 0.767. The van der Waals surface area contributed by atoms with E-state index in [2.05, 4.69) is 5.32 Å². The number of aryl methyl sites for hydroxylation is 1. The van der Waals surface area contributed by atoms with Gasteiger partial charge in [0.15, 0.2) is 0 Å². The molecule has 0 heterocycles. The first-order valence-electron chi connectivity index (χ1n) is 6.07. The molecule has 0 unspecified atom stereocenters. The average molecular weight is 260 g/mol. The second kappa shape index (κ2) is 6.64. The summed E-state index contributed by atoms with van der Waals surface area (Å²) in [5, 5.41) is 3.11. The van der Waals surface area contributed by atoms with Crippen LogP contribution in [0, 0.1) is 6.92 Å². The summed E-state index contributed by atoms with van der Waals surface area (Å²) in [6, 6.07) is 4.13. The maximum Gasteiger partial charge on any atom is 0.416 e. The number of nitrogens with two attached hydrogens (primary N) is 1. The van der Waals surface area contributed by atoms with E-state index < -0.39 is 11.7 Å². The van der Waals surface area contributed by atoms with Crippen LogP contribution in [-0.4, -0.2) is 13.1 Å². The average Bonchev–Trinajstić information content (AvgIpc) is 2.27. The van der Waals surface area contributed by atoms with Gasteiger partial charge in [-0.1, -0.05) is 6.42 Å². The van der Waals surface area contributed by atoms with E-state index in [1.807, 2.05) is 0 Å². The van der Waals surface area contributed by atoms with E-state index in [1.165, 1.54) is 19.1 Å². The number of hydrogen-bond donors (Lipinski definition) is 2. The van der Waals surface area contributed by atoms with Gasteiger partial charge in [0.25, 0.3) is 0 Å². The van der Waals surface area contributed by atoms with E-state index >= 15 is 0 Å². The molecule has 0 aromatic heterocycles. The molecule has 1 rings (SSSR count). The zero-order valence-corrected chi connectivity index (χ0v) is 10.5. The maximum absolute atomic E-state index is 12.5. The van der Waals surface area contributed by atoms with Crippen LogP contribution in [0.2, 0.25) is 0 Å². The van der Waals surface area contributed by atoms with Crippen LogP contribution in [0.25, 0.3) is 0 Å². The van der Waals surface area contributed by atoms with Crippen molar-refractivity contribution in [2.75, 3.05) is 18.4 Å². The number of rotatable bonds is 6. The molecule has 0 radical (unpaired) electrons. The van der Waals surface area contributed by atoms with Crippen molar-refractivity contribution < 1.29 is 13.2 Å². The predicted octanol–water partition coefficient (Wildman–Crippen LogP) is 3.55. The highest BCUT2D eigenvalue weighted by Crippen LogP contribution is 2.32. The van der Waals surface area contributed by atoms with E-state index in [4.69, 9.17) is 5.73 Å². The van der Waals surface area contributed by atoms with Crippen molar-refractivity contribution >= 4 is 5.69 Å². The minimum atomic E-state index is -4.27. The van der Waals surface area contributed by atoms with E-state index in [0.717, 1.165) is 37.6 Å². The Kier molecular flexibility index (Phi) is 5.47. The molecule has 1 aromatic carbocycles. The number of alkyl halides is 3. The molecule has 0 aliphatic heterocycles. The second-order valence-corrected chi connectivity index (χ2v) is 4.30. The van der Waals surface area contributed by atoms with Crippen LogP contribution in [0.3, 0.4) is 0 Å². The Hall–Kier alpha value is -1.23. The van der Waals surface area contributed by atoms with Crippen LogP contribution in [0.5, 0.6) is 0 Å². The van der Waals surface area contributed by atoms with Gasteiger partial charge in [-0.3, -0.25) is 0 Å². The predicted molar refractivity (Wildman–Crippen MR) is 67.6 cm³/mol. The van der Waals surface area contributed by atoms with Gasteiger partial charge in [0.2, 0.25) is 0 Å². The van der Waals surface area contributed by atoms with Crippen molar-refractivity contribution in [3.8, 4) is 0 Å². The first-order chi connectivity index (χ1) is 8.45. The largest absolute Gasteiger partial charge is 0.416 e. The molecule has 18 heavy (non-hydrogen) atoms. The summed E-state index contributed by atoms with van der Waals surface area (Å²) in [6.07, 6.45) is -1.29. The lowest BCUT2D eigenvalue weighted by molar-refractivity contribution is -0.138. The molecule has 0 bridgehead atoms. The summed E-state index contributed by atoms with van der Waals surface area (Å²) in [5.74, 6) is 0. The topological polar surface area (TPSA) is 38.0 Å². The van der Waals surface area contributed by atoms with Gasteiger partial charge in [-0.2, -0.15) is 13.2 Å². The van der Waals surface area contributed by atoms with Gasteiger partial charge >= 0.3 is 6.18 Å². The molecule has 0 atom stereocenters. The van der Waals surface area contributed by atoms with Crippen molar-refractivity contribution in [2.45, 2.75) is 32.4 Å². The summed E-state index contributed by atoms with van der Waals surface area (Å²) >= 11 is 0. The summed E-state index contributed by atoms with van der Waals surface area (Å²) in [5.41, 5.74) is 5.77. The van der Waals surface area contributed by atoms with E-state index in [-0.39, 0.29) is 5.56 Å². The molecule has 1 aromatic rings. The molecule has 3 N–H and O–H groups in total. The zero-order chi connectivity index (χ0) is 13.6. The highest BCUT2D eigenvalue weighted by molar-refractivity contribution is 5.49. The van der Waals surface area contributed by atoms with Crippen molar-refractivity contribution in [3.63, 3.8) is 0 Å². The van der Waals surface area contributed by atoms with Gasteiger partial charge in [0.1, 0.15) is 0 Å². The number of unbranched alkanes of at least 4 members (excludes halogenated alkanes) is 2. The lowest BCUT2D eigenvalue weighted by Crippen LogP contribution is -2.09. The third kappa shape index (κ3) is 4.56. The first-order valence-corrected chi connectivity index (χ1v) is 6.07. The second-order valence-electron chi connectivity index (χ2n) is 4.30. The monoisotopic (exact) mass is 260 g/mol. The molecule has 5 heteroatoms. The molecule has 0 amide bonds. The fourth-order valence-electron chi connectivity index (χ4n) is 1.77. The first kappa shape index (κ1) is 14.8. The normalized spacial score (nSPS) is 11.6. The molecule has 0 aliphatic rings. The number of nitrogens with one attached hydrogen (secondary N) is 1. The van der Waals surface area contributed by atoms with Crippen LogP contribution in [0.15, 0.2) is 18.2 Å². The Labute approximate surface area is 105 Å². The van der Waals surface area contributed by atoms with E-state index in [1.54, 1.807) is 0 Å². The van der Waals surface area contributed by atoms with Crippen molar-refractivity contribution in [3.05, 3.63) is 29.3 Å². The van der Waals surface area contributed by atoms with E-state index in [9.17, 15) is 13.2 Å². The molecule has 102 valence electrons. The molecular formula is C13H19F3N2. The molecule has 2 nitrogen and oxygen atoms in total. The lowest BCUT2D eigenvalue weighted by atomic mass is 10.1. The molecule has 0 saturated heterocycles. The minimum absolute atomic E-state index is 0.245. The van der Waals surface area contributed by atoms with Crippen LogP contribution in [0.1, 0.15) is 30.4 Å². The van der Waals surface area contributed by atoms with Gasteiger partial charge in [0.05, 0.1) is 5.56 Å². The smallest absolute Gasteiger partial charge is 0.385 e. The minimum Gasteiger partial charge on any atom is -0.385 e. The number of benzene rings is 1. The fourth-order valence-corrected chi connectivity index (χ4v) is 1.77. The summed E-state index contributed by atoms with van der Waals surface area (Å²) in [7, 11) is 0. The third-order valence-corrected chi connectivity index (χ3v) is 2.74. The Morgan fingerprint density at radius 2 is 1.89 bits per heavy atom.